The molecule has 0 fully saturated rings. The summed E-state index contributed by atoms with van der Waals surface area (Å²) in [7, 11) is 4.20. The fourth-order valence-electron chi connectivity index (χ4n) is 2.13. The van der Waals surface area contributed by atoms with Gasteiger partial charge in [-0.1, -0.05) is 45.0 Å². The fourth-order valence-corrected chi connectivity index (χ4v) is 2.13. The second-order valence-electron chi connectivity index (χ2n) is 6.31. The maximum atomic E-state index is 3.20. The quantitative estimate of drug-likeness (QED) is 0.860. The minimum atomic E-state index is 0.317. The molecule has 2 heteroatoms. The van der Waals surface area contributed by atoms with Crippen LogP contribution < -0.4 is 5.32 Å². The van der Waals surface area contributed by atoms with Gasteiger partial charge in [0.2, 0.25) is 0 Å². The molecule has 0 saturated carbocycles. The number of nitrogens with zero attached hydrogens (tertiary/aromatic N) is 1. The number of nitrogens with one attached hydrogen (secondary N) is 1. The molecule has 1 aromatic rings. The Hall–Kier alpha value is -0.860. The lowest BCUT2D eigenvalue weighted by Crippen LogP contribution is -2.38. The van der Waals surface area contributed by atoms with Crippen molar-refractivity contribution in [2.75, 3.05) is 14.1 Å². The van der Waals surface area contributed by atoms with Crippen molar-refractivity contribution in [1.29, 1.82) is 0 Å². The van der Waals surface area contributed by atoms with Crippen LogP contribution in [0.25, 0.3) is 0 Å². The third kappa shape index (κ3) is 4.43. The molecule has 0 spiro atoms. The van der Waals surface area contributed by atoms with E-state index in [1.807, 2.05) is 7.05 Å². The van der Waals surface area contributed by atoms with Crippen LogP contribution in [0.15, 0.2) is 24.3 Å². The third-order valence-electron chi connectivity index (χ3n) is 3.72. The van der Waals surface area contributed by atoms with Gasteiger partial charge in [0, 0.05) is 19.1 Å². The van der Waals surface area contributed by atoms with E-state index in [-0.39, 0.29) is 0 Å². The highest BCUT2D eigenvalue weighted by atomic mass is 15.1. The van der Waals surface area contributed by atoms with Crippen molar-refractivity contribution in [2.24, 2.45) is 5.41 Å². The molecule has 1 N–H and O–H groups in total. The molecule has 0 radical (unpaired) electrons. The van der Waals surface area contributed by atoms with Gasteiger partial charge in [0.1, 0.15) is 0 Å². The van der Waals surface area contributed by atoms with Crippen LogP contribution in [0.5, 0.6) is 0 Å². The molecular formula is C16H28N2. The van der Waals surface area contributed by atoms with Crippen LogP contribution >= 0.6 is 0 Å². The van der Waals surface area contributed by atoms with E-state index in [4.69, 9.17) is 0 Å². The van der Waals surface area contributed by atoms with Crippen LogP contribution in [0.2, 0.25) is 0 Å². The van der Waals surface area contributed by atoms with Gasteiger partial charge in [-0.05, 0) is 37.6 Å². The average Bonchev–Trinajstić information content (AvgIpc) is 2.27. The van der Waals surface area contributed by atoms with E-state index in [1.165, 1.54) is 11.1 Å². The van der Waals surface area contributed by atoms with Crippen LogP contribution in [0.4, 0.5) is 0 Å². The first-order valence-corrected chi connectivity index (χ1v) is 6.77. The van der Waals surface area contributed by atoms with Crippen molar-refractivity contribution in [3.63, 3.8) is 0 Å². The van der Waals surface area contributed by atoms with Crippen LogP contribution in [-0.4, -0.2) is 25.0 Å². The summed E-state index contributed by atoms with van der Waals surface area (Å²) in [5.41, 5.74) is 3.06. The van der Waals surface area contributed by atoms with Crippen LogP contribution in [0.3, 0.4) is 0 Å². The largest absolute Gasteiger partial charge is 0.316 e. The second-order valence-corrected chi connectivity index (χ2v) is 6.31. The molecule has 1 unspecified atom stereocenters. The first kappa shape index (κ1) is 15.2. The van der Waals surface area contributed by atoms with Crippen molar-refractivity contribution < 1.29 is 0 Å². The summed E-state index contributed by atoms with van der Waals surface area (Å²) < 4.78 is 0. The normalized spacial score (nSPS) is 13.9. The molecule has 0 aliphatic carbocycles. The zero-order chi connectivity index (χ0) is 13.8. The molecule has 0 amide bonds. The van der Waals surface area contributed by atoms with Gasteiger partial charge in [-0.3, -0.25) is 4.90 Å². The maximum absolute atomic E-state index is 3.20. The van der Waals surface area contributed by atoms with E-state index in [0.29, 0.717) is 11.5 Å². The molecule has 2 nitrogen and oxygen atoms in total. The lowest BCUT2D eigenvalue weighted by atomic mass is 9.87. The standard InChI is InChI=1S/C16H28N2/c1-13(16(2,3)4)18(6)12-15-9-7-8-14(10-15)11-17-5/h7-10,13,17H,11-12H2,1-6H3. The Morgan fingerprint density at radius 1 is 1.22 bits per heavy atom. The average molecular weight is 248 g/mol. The van der Waals surface area contributed by atoms with Gasteiger partial charge in [-0.2, -0.15) is 0 Å². The van der Waals surface area contributed by atoms with E-state index in [1.54, 1.807) is 0 Å². The number of benzene rings is 1. The molecule has 1 rings (SSSR count). The van der Waals surface area contributed by atoms with Gasteiger partial charge in [0.15, 0.2) is 0 Å². The van der Waals surface area contributed by atoms with E-state index >= 15 is 0 Å². The Labute approximate surface area is 112 Å². The van der Waals surface area contributed by atoms with Crippen molar-refractivity contribution in [3.05, 3.63) is 35.4 Å². The van der Waals surface area contributed by atoms with Gasteiger partial charge in [0.25, 0.3) is 0 Å². The highest BCUT2D eigenvalue weighted by molar-refractivity contribution is 5.23. The van der Waals surface area contributed by atoms with Gasteiger partial charge >= 0.3 is 0 Å². The first-order chi connectivity index (χ1) is 8.34. The van der Waals surface area contributed by atoms with E-state index in [2.05, 4.69) is 69.2 Å². The highest BCUT2D eigenvalue weighted by Crippen LogP contribution is 2.24. The molecule has 0 aromatic heterocycles. The summed E-state index contributed by atoms with van der Waals surface area (Å²) in [4.78, 5) is 2.43. The summed E-state index contributed by atoms with van der Waals surface area (Å²) in [6, 6.07) is 9.39. The monoisotopic (exact) mass is 248 g/mol. The summed E-state index contributed by atoms with van der Waals surface area (Å²) >= 11 is 0. The summed E-state index contributed by atoms with van der Waals surface area (Å²) in [5.74, 6) is 0. The zero-order valence-electron chi connectivity index (χ0n) is 12.7. The first-order valence-electron chi connectivity index (χ1n) is 6.77. The number of rotatable bonds is 5. The minimum absolute atomic E-state index is 0.317. The van der Waals surface area contributed by atoms with E-state index in [0.717, 1.165) is 13.1 Å². The Balaban J connectivity index is 2.69. The summed E-state index contributed by atoms with van der Waals surface area (Å²) in [6.07, 6.45) is 0. The lowest BCUT2D eigenvalue weighted by Gasteiger charge is -2.35. The molecule has 0 saturated heterocycles. The van der Waals surface area contributed by atoms with Gasteiger partial charge in [-0.25, -0.2) is 0 Å². The maximum Gasteiger partial charge on any atom is 0.0233 e. The van der Waals surface area contributed by atoms with Gasteiger partial charge in [-0.15, -0.1) is 0 Å². The number of hydrogen-bond donors (Lipinski definition) is 1. The van der Waals surface area contributed by atoms with Crippen molar-refractivity contribution >= 4 is 0 Å². The molecule has 1 aromatic carbocycles. The van der Waals surface area contributed by atoms with Crippen LogP contribution in [0, 0.1) is 5.41 Å². The lowest BCUT2D eigenvalue weighted by molar-refractivity contribution is 0.134. The predicted octanol–water partition coefficient (Wildman–Crippen LogP) is 3.27. The van der Waals surface area contributed by atoms with Gasteiger partial charge in [0.05, 0.1) is 0 Å². The highest BCUT2D eigenvalue weighted by Gasteiger charge is 2.23. The zero-order valence-corrected chi connectivity index (χ0v) is 12.7. The van der Waals surface area contributed by atoms with E-state index in [9.17, 15) is 0 Å². The third-order valence-corrected chi connectivity index (χ3v) is 3.72. The molecule has 102 valence electrons. The smallest absolute Gasteiger partial charge is 0.0233 e. The van der Waals surface area contributed by atoms with Crippen LogP contribution in [0.1, 0.15) is 38.8 Å². The second kappa shape index (κ2) is 6.35. The van der Waals surface area contributed by atoms with Crippen molar-refractivity contribution in [3.8, 4) is 0 Å². The van der Waals surface area contributed by atoms with Gasteiger partial charge < -0.3 is 5.32 Å². The summed E-state index contributed by atoms with van der Waals surface area (Å²) in [6.45, 7) is 11.1. The van der Waals surface area contributed by atoms with E-state index < -0.39 is 0 Å². The molecule has 18 heavy (non-hydrogen) atoms. The molecule has 0 bridgehead atoms. The Morgan fingerprint density at radius 2 is 1.83 bits per heavy atom. The van der Waals surface area contributed by atoms with Crippen molar-refractivity contribution in [2.45, 2.75) is 46.8 Å². The Morgan fingerprint density at radius 3 is 2.39 bits per heavy atom. The summed E-state index contributed by atoms with van der Waals surface area (Å²) in [5, 5.41) is 3.20. The fraction of sp³-hybridized carbons (Fsp3) is 0.625. The molecule has 1 atom stereocenters. The van der Waals surface area contributed by atoms with Crippen LogP contribution in [-0.2, 0) is 13.1 Å². The molecule has 0 heterocycles. The Kier molecular flexibility index (Phi) is 5.36. The molecular weight excluding hydrogens is 220 g/mol. The molecule has 0 aliphatic heterocycles. The Bertz CT molecular complexity index is 366. The predicted molar refractivity (Wildman–Crippen MR) is 79.6 cm³/mol. The number of hydrogen-bond acceptors (Lipinski definition) is 2. The minimum Gasteiger partial charge on any atom is -0.316 e. The van der Waals surface area contributed by atoms with Crippen molar-refractivity contribution in [1.82, 2.24) is 10.2 Å². The topological polar surface area (TPSA) is 15.3 Å². The molecule has 0 aliphatic rings. The SMILES string of the molecule is CNCc1cccc(CN(C)C(C)C(C)(C)C)c1.